The van der Waals surface area contributed by atoms with Crippen LogP contribution >= 0.6 is 11.3 Å². The van der Waals surface area contributed by atoms with Crippen molar-refractivity contribution in [3.05, 3.63) is 58.3 Å². The maximum atomic E-state index is 6.05. The molecule has 1 heterocycles. The van der Waals surface area contributed by atoms with Crippen LogP contribution in [-0.4, -0.2) is 19.2 Å². The number of hydrogen-bond donors (Lipinski definition) is 1. The zero-order valence-corrected chi connectivity index (χ0v) is 13.7. The zero-order valence-electron chi connectivity index (χ0n) is 12.9. The third-order valence-corrected chi connectivity index (χ3v) is 4.36. The van der Waals surface area contributed by atoms with Gasteiger partial charge in [-0.25, -0.2) is 0 Å². The van der Waals surface area contributed by atoms with Crippen molar-refractivity contribution in [2.45, 2.75) is 38.8 Å². The molecule has 21 heavy (non-hydrogen) atoms. The Hall–Kier alpha value is -1.16. The molecule has 2 nitrogen and oxygen atoms in total. The van der Waals surface area contributed by atoms with Gasteiger partial charge >= 0.3 is 0 Å². The first-order valence-electron chi connectivity index (χ1n) is 7.76. The summed E-state index contributed by atoms with van der Waals surface area (Å²) in [4.78, 5) is 0. The van der Waals surface area contributed by atoms with Crippen molar-refractivity contribution in [2.24, 2.45) is 0 Å². The van der Waals surface area contributed by atoms with Crippen LogP contribution in [-0.2, 0) is 11.2 Å². The second kappa shape index (κ2) is 8.98. The Labute approximate surface area is 132 Å². The molecule has 0 amide bonds. The monoisotopic (exact) mass is 303 g/mol. The van der Waals surface area contributed by atoms with Crippen molar-refractivity contribution in [1.82, 2.24) is 5.32 Å². The number of thiophene rings is 1. The SMILES string of the molecule is CCNC(CCc1ccsc1)C(OCC)c1ccccc1. The highest BCUT2D eigenvalue weighted by Crippen LogP contribution is 2.24. The second-order valence-corrected chi connectivity index (χ2v) is 5.90. The molecule has 1 aromatic heterocycles. The standard InChI is InChI=1S/C18H25NOS/c1-3-19-17(11-10-15-12-13-21-14-15)18(20-4-2)16-8-6-5-7-9-16/h5-9,12-14,17-19H,3-4,10-11H2,1-2H3. The van der Waals surface area contributed by atoms with E-state index in [4.69, 9.17) is 4.74 Å². The quantitative estimate of drug-likeness (QED) is 0.739. The summed E-state index contributed by atoms with van der Waals surface area (Å²) in [6, 6.07) is 13.1. The van der Waals surface area contributed by atoms with Crippen LogP contribution in [0.15, 0.2) is 47.2 Å². The molecule has 0 radical (unpaired) electrons. The molecule has 0 spiro atoms. The Bertz CT molecular complexity index is 483. The summed E-state index contributed by atoms with van der Waals surface area (Å²) in [7, 11) is 0. The van der Waals surface area contributed by atoms with Crippen LogP contribution in [0.2, 0.25) is 0 Å². The van der Waals surface area contributed by atoms with Crippen LogP contribution in [0, 0.1) is 0 Å². The minimum Gasteiger partial charge on any atom is -0.372 e. The van der Waals surface area contributed by atoms with Gasteiger partial charge in [-0.2, -0.15) is 11.3 Å². The van der Waals surface area contributed by atoms with Gasteiger partial charge in [-0.3, -0.25) is 0 Å². The molecule has 0 aliphatic carbocycles. The molecule has 2 rings (SSSR count). The summed E-state index contributed by atoms with van der Waals surface area (Å²) >= 11 is 1.77. The Balaban J connectivity index is 2.08. The lowest BCUT2D eigenvalue weighted by atomic mass is 9.96. The molecule has 3 heteroatoms. The molecule has 1 N–H and O–H groups in total. The van der Waals surface area contributed by atoms with Crippen molar-refractivity contribution in [3.63, 3.8) is 0 Å². The molecule has 0 saturated carbocycles. The van der Waals surface area contributed by atoms with Crippen LogP contribution in [0.25, 0.3) is 0 Å². The minimum atomic E-state index is 0.120. The highest BCUT2D eigenvalue weighted by molar-refractivity contribution is 7.07. The molecule has 0 bridgehead atoms. The molecule has 1 aromatic carbocycles. The molecule has 114 valence electrons. The van der Waals surface area contributed by atoms with Crippen LogP contribution in [0.3, 0.4) is 0 Å². The van der Waals surface area contributed by atoms with Gasteiger partial charge < -0.3 is 10.1 Å². The Morgan fingerprint density at radius 3 is 2.57 bits per heavy atom. The zero-order chi connectivity index (χ0) is 14.9. The molecule has 2 unspecified atom stereocenters. The van der Waals surface area contributed by atoms with E-state index in [9.17, 15) is 0 Å². The maximum absolute atomic E-state index is 6.05. The average molecular weight is 303 g/mol. The normalized spacial score (nSPS) is 14.0. The van der Waals surface area contributed by atoms with E-state index in [1.165, 1.54) is 11.1 Å². The third kappa shape index (κ3) is 4.95. The predicted molar refractivity (Wildman–Crippen MR) is 90.9 cm³/mol. The molecule has 0 aliphatic heterocycles. The predicted octanol–water partition coefficient (Wildman–Crippen LogP) is 4.44. The third-order valence-electron chi connectivity index (χ3n) is 3.63. The lowest BCUT2D eigenvalue weighted by Crippen LogP contribution is -2.36. The van der Waals surface area contributed by atoms with Crippen molar-refractivity contribution in [3.8, 4) is 0 Å². The van der Waals surface area contributed by atoms with Crippen molar-refractivity contribution in [2.75, 3.05) is 13.2 Å². The van der Waals surface area contributed by atoms with E-state index in [1.54, 1.807) is 11.3 Å². The van der Waals surface area contributed by atoms with Gasteiger partial charge in [-0.1, -0.05) is 37.3 Å². The molecule has 0 aliphatic rings. The van der Waals surface area contributed by atoms with E-state index in [2.05, 4.69) is 66.3 Å². The molecule has 2 aromatic rings. The lowest BCUT2D eigenvalue weighted by molar-refractivity contribution is 0.0314. The van der Waals surface area contributed by atoms with Crippen LogP contribution in [0.5, 0.6) is 0 Å². The minimum absolute atomic E-state index is 0.120. The van der Waals surface area contributed by atoms with E-state index in [0.717, 1.165) is 26.0 Å². The van der Waals surface area contributed by atoms with Crippen molar-refractivity contribution in [1.29, 1.82) is 0 Å². The number of aryl methyl sites for hydroxylation is 1. The smallest absolute Gasteiger partial charge is 0.0977 e. The lowest BCUT2D eigenvalue weighted by Gasteiger charge is -2.28. The van der Waals surface area contributed by atoms with Gasteiger partial charge in [0.05, 0.1) is 6.10 Å². The first-order chi connectivity index (χ1) is 10.3. The summed E-state index contributed by atoms with van der Waals surface area (Å²) in [5.41, 5.74) is 2.68. The number of ether oxygens (including phenoxy) is 1. The Morgan fingerprint density at radius 2 is 1.95 bits per heavy atom. The summed E-state index contributed by atoms with van der Waals surface area (Å²) in [6.45, 7) is 5.92. The fraction of sp³-hybridized carbons (Fsp3) is 0.444. The molecule has 2 atom stereocenters. The second-order valence-electron chi connectivity index (χ2n) is 5.12. The fourth-order valence-corrected chi connectivity index (χ4v) is 3.35. The highest BCUT2D eigenvalue weighted by atomic mass is 32.1. The van der Waals surface area contributed by atoms with Gasteiger partial charge in [-0.15, -0.1) is 0 Å². The van der Waals surface area contributed by atoms with E-state index < -0.39 is 0 Å². The molecule has 0 saturated heterocycles. The molecule has 0 fully saturated rings. The van der Waals surface area contributed by atoms with Gasteiger partial charge in [-0.05, 0) is 54.3 Å². The first kappa shape index (κ1) is 16.2. The number of rotatable bonds is 9. The molecular weight excluding hydrogens is 278 g/mol. The average Bonchev–Trinajstić information content (AvgIpc) is 3.04. The van der Waals surface area contributed by atoms with Gasteiger partial charge in [0.2, 0.25) is 0 Å². The van der Waals surface area contributed by atoms with Crippen LogP contribution in [0.1, 0.15) is 37.5 Å². The van der Waals surface area contributed by atoms with E-state index in [0.29, 0.717) is 6.04 Å². The molecular formula is C18H25NOS. The number of hydrogen-bond acceptors (Lipinski definition) is 3. The van der Waals surface area contributed by atoms with E-state index in [1.807, 2.05) is 0 Å². The van der Waals surface area contributed by atoms with E-state index in [-0.39, 0.29) is 6.10 Å². The number of likely N-dealkylation sites (N-methyl/N-ethyl adjacent to an activating group) is 1. The van der Waals surface area contributed by atoms with Crippen LogP contribution < -0.4 is 5.32 Å². The number of nitrogens with one attached hydrogen (secondary N) is 1. The van der Waals surface area contributed by atoms with Crippen molar-refractivity contribution < 1.29 is 4.74 Å². The summed E-state index contributed by atoms with van der Waals surface area (Å²) < 4.78 is 6.05. The summed E-state index contributed by atoms with van der Waals surface area (Å²) in [5, 5.41) is 7.99. The number of benzene rings is 1. The largest absolute Gasteiger partial charge is 0.372 e. The summed E-state index contributed by atoms with van der Waals surface area (Å²) in [5.74, 6) is 0. The Kier molecular flexibility index (Phi) is 6.93. The highest BCUT2D eigenvalue weighted by Gasteiger charge is 2.22. The summed E-state index contributed by atoms with van der Waals surface area (Å²) in [6.07, 6.45) is 2.30. The fourth-order valence-electron chi connectivity index (χ4n) is 2.65. The van der Waals surface area contributed by atoms with Gasteiger partial charge in [0.1, 0.15) is 0 Å². The topological polar surface area (TPSA) is 21.3 Å². The van der Waals surface area contributed by atoms with Gasteiger partial charge in [0, 0.05) is 12.6 Å². The first-order valence-corrected chi connectivity index (χ1v) is 8.70. The maximum Gasteiger partial charge on any atom is 0.0977 e. The van der Waals surface area contributed by atoms with E-state index >= 15 is 0 Å². The Morgan fingerprint density at radius 1 is 1.14 bits per heavy atom. The van der Waals surface area contributed by atoms with Gasteiger partial charge in [0.25, 0.3) is 0 Å². The van der Waals surface area contributed by atoms with Crippen LogP contribution in [0.4, 0.5) is 0 Å². The van der Waals surface area contributed by atoms with Gasteiger partial charge in [0.15, 0.2) is 0 Å². The van der Waals surface area contributed by atoms with Crippen molar-refractivity contribution >= 4 is 11.3 Å².